The molecule has 0 saturated carbocycles. The molecule has 0 amide bonds. The molecule has 1 aliphatic carbocycles. The van der Waals surface area contributed by atoms with Crippen LogP contribution in [-0.4, -0.2) is 19.9 Å². The van der Waals surface area contributed by atoms with Crippen LogP contribution in [0.3, 0.4) is 0 Å². The fourth-order valence-electron chi connectivity index (χ4n) is 9.42. The maximum atomic E-state index is 5.27. The second-order valence-corrected chi connectivity index (χ2v) is 15.6. The van der Waals surface area contributed by atoms with Crippen LogP contribution in [-0.2, 0) is 5.41 Å². The average Bonchev–Trinajstić information content (AvgIpc) is 3.54. The second kappa shape index (κ2) is 12.5. The van der Waals surface area contributed by atoms with E-state index < -0.39 is 5.41 Å². The zero-order chi connectivity index (χ0) is 38.4. The molecule has 57 heavy (non-hydrogen) atoms. The van der Waals surface area contributed by atoms with Crippen molar-refractivity contribution in [2.24, 2.45) is 0 Å². The summed E-state index contributed by atoms with van der Waals surface area (Å²) < 4.78 is 0. The molecule has 1 aliphatic rings. The van der Waals surface area contributed by atoms with E-state index in [1.54, 1.807) is 0 Å². The third-order valence-corrected chi connectivity index (χ3v) is 12.1. The van der Waals surface area contributed by atoms with Crippen LogP contribution in [0, 0.1) is 27.7 Å². The summed E-state index contributed by atoms with van der Waals surface area (Å²) in [7, 11) is 0. The lowest BCUT2D eigenvalue weighted by Crippen LogP contribution is -2.29. The van der Waals surface area contributed by atoms with Gasteiger partial charge in [-0.2, -0.15) is 0 Å². The summed E-state index contributed by atoms with van der Waals surface area (Å²) in [6.45, 7) is 8.51. The topological polar surface area (TPSA) is 51.6 Å². The highest BCUT2D eigenvalue weighted by Gasteiger charge is 2.46. The highest BCUT2D eigenvalue weighted by Crippen LogP contribution is 2.56. The van der Waals surface area contributed by atoms with Crippen molar-refractivity contribution < 1.29 is 0 Å². The Morgan fingerprint density at radius 3 is 1.12 bits per heavy atom. The Balaban J connectivity index is 1.09. The minimum Gasteiger partial charge on any atom is -0.251 e. The Bertz CT molecular complexity index is 3080. The van der Waals surface area contributed by atoms with Gasteiger partial charge in [0.05, 0.1) is 38.9 Å². The molecule has 4 nitrogen and oxygen atoms in total. The Morgan fingerprint density at radius 1 is 0.333 bits per heavy atom. The average molecular weight is 731 g/mol. The summed E-state index contributed by atoms with van der Waals surface area (Å²) in [6, 6.07) is 57.4. The normalized spacial score (nSPS) is 13.1. The van der Waals surface area contributed by atoms with Crippen LogP contribution < -0.4 is 0 Å². The van der Waals surface area contributed by atoms with Crippen molar-refractivity contribution in [2.45, 2.75) is 33.1 Å². The number of rotatable bonds is 4. The van der Waals surface area contributed by atoms with Crippen molar-refractivity contribution >= 4 is 43.6 Å². The van der Waals surface area contributed by atoms with E-state index in [0.29, 0.717) is 0 Å². The Labute approximate surface area is 331 Å². The maximum Gasteiger partial charge on any atom is 0.0972 e. The van der Waals surface area contributed by atoms with Gasteiger partial charge in [0.25, 0.3) is 0 Å². The molecular formula is C53H38N4. The zero-order valence-electron chi connectivity index (χ0n) is 32.3. The quantitative estimate of drug-likeness (QED) is 0.169. The molecule has 0 fully saturated rings. The van der Waals surface area contributed by atoms with Gasteiger partial charge in [-0.05, 0) is 96.5 Å². The molecule has 0 spiro atoms. The van der Waals surface area contributed by atoms with Gasteiger partial charge in [-0.3, -0.25) is 9.97 Å². The summed E-state index contributed by atoms with van der Waals surface area (Å²) in [5, 5.41) is 4.39. The van der Waals surface area contributed by atoms with Crippen LogP contribution in [0.25, 0.3) is 77.3 Å². The van der Waals surface area contributed by atoms with E-state index in [2.05, 4.69) is 172 Å². The number of hydrogen-bond acceptors (Lipinski definition) is 4. The van der Waals surface area contributed by atoms with E-state index in [1.165, 1.54) is 44.5 Å². The molecule has 0 N–H and O–H groups in total. The van der Waals surface area contributed by atoms with Gasteiger partial charge in [-0.25, -0.2) is 9.97 Å². The Hall–Kier alpha value is -7.04. The number of hydrogen-bond donors (Lipinski definition) is 0. The minimum atomic E-state index is -0.539. The lowest BCUT2D eigenvalue weighted by atomic mass is 9.67. The highest BCUT2D eigenvalue weighted by molar-refractivity contribution is 6.04. The van der Waals surface area contributed by atoms with E-state index in [-0.39, 0.29) is 0 Å². The maximum absolute atomic E-state index is 5.27. The van der Waals surface area contributed by atoms with Crippen molar-refractivity contribution in [1.82, 2.24) is 19.9 Å². The van der Waals surface area contributed by atoms with Gasteiger partial charge in [-0.1, -0.05) is 133 Å². The number of pyridine rings is 4. The van der Waals surface area contributed by atoms with Gasteiger partial charge in [0.15, 0.2) is 0 Å². The molecular weight excluding hydrogens is 693 g/mol. The number of aryl methyl sites for hydroxylation is 4. The van der Waals surface area contributed by atoms with Gasteiger partial charge in [-0.15, -0.1) is 0 Å². The van der Waals surface area contributed by atoms with Crippen LogP contribution in [0.1, 0.15) is 44.8 Å². The third-order valence-electron chi connectivity index (χ3n) is 12.1. The van der Waals surface area contributed by atoms with Crippen LogP contribution in [0.15, 0.2) is 158 Å². The fraction of sp³-hybridized carbons (Fsp3) is 0.0943. The van der Waals surface area contributed by atoms with E-state index >= 15 is 0 Å². The molecule has 10 aromatic rings. The predicted octanol–water partition coefficient (Wildman–Crippen LogP) is 12.8. The van der Waals surface area contributed by atoms with E-state index in [1.807, 2.05) is 13.8 Å². The standard InChI is InChI=1S/C53H38N4/c1-31-29-39(23-25-41(31)47-27-21-37-19-17-35-15-13-33(3)54-49(35)51(37)56-47)53(45-11-7-5-9-43(45)44-10-6-8-12-46(44)53)40-24-26-42(32(2)30-40)48-28-22-38-20-18-36-16-14-34(4)55-50(36)52(38)57-48/h5-30H,1-4H3. The monoisotopic (exact) mass is 730 g/mol. The summed E-state index contributed by atoms with van der Waals surface area (Å²) in [5.41, 5.74) is 19.3. The molecule has 11 rings (SSSR count). The zero-order valence-corrected chi connectivity index (χ0v) is 32.3. The van der Waals surface area contributed by atoms with Crippen molar-refractivity contribution in [3.63, 3.8) is 0 Å². The second-order valence-electron chi connectivity index (χ2n) is 15.6. The van der Waals surface area contributed by atoms with Crippen LogP contribution in [0.4, 0.5) is 0 Å². The molecule has 270 valence electrons. The largest absolute Gasteiger partial charge is 0.251 e. The Morgan fingerprint density at radius 2 is 0.702 bits per heavy atom. The molecule has 0 atom stereocenters. The lowest BCUT2D eigenvalue weighted by Gasteiger charge is -2.35. The summed E-state index contributed by atoms with van der Waals surface area (Å²) in [6.07, 6.45) is 0. The van der Waals surface area contributed by atoms with E-state index in [9.17, 15) is 0 Å². The summed E-state index contributed by atoms with van der Waals surface area (Å²) >= 11 is 0. The first-order chi connectivity index (χ1) is 27.9. The fourth-order valence-corrected chi connectivity index (χ4v) is 9.42. The molecule has 0 bridgehead atoms. The van der Waals surface area contributed by atoms with E-state index in [4.69, 9.17) is 19.9 Å². The van der Waals surface area contributed by atoms with Crippen molar-refractivity contribution in [2.75, 3.05) is 0 Å². The predicted molar refractivity (Wildman–Crippen MR) is 235 cm³/mol. The molecule has 4 heteroatoms. The van der Waals surface area contributed by atoms with Crippen molar-refractivity contribution in [1.29, 1.82) is 0 Å². The third kappa shape index (κ3) is 5.00. The number of benzene rings is 6. The Kier molecular flexibility index (Phi) is 7.30. The van der Waals surface area contributed by atoms with Gasteiger partial charge in [0, 0.05) is 44.1 Å². The van der Waals surface area contributed by atoms with E-state index in [0.717, 1.165) is 77.5 Å². The smallest absolute Gasteiger partial charge is 0.0972 e. The molecule has 0 saturated heterocycles. The molecule has 0 unspecified atom stereocenters. The van der Waals surface area contributed by atoms with Gasteiger partial charge < -0.3 is 0 Å². The molecule has 4 heterocycles. The van der Waals surface area contributed by atoms with Crippen molar-refractivity contribution in [3.05, 3.63) is 202 Å². The number of fused-ring (bicyclic) bond motifs is 9. The molecule has 4 aromatic heterocycles. The van der Waals surface area contributed by atoms with Crippen LogP contribution >= 0.6 is 0 Å². The summed E-state index contributed by atoms with van der Waals surface area (Å²) in [4.78, 5) is 20.3. The van der Waals surface area contributed by atoms with Gasteiger partial charge >= 0.3 is 0 Å². The molecule has 0 aliphatic heterocycles. The molecule has 6 aromatic carbocycles. The molecule has 0 radical (unpaired) electrons. The first kappa shape index (κ1) is 33.3. The first-order valence-corrected chi connectivity index (χ1v) is 19.6. The lowest BCUT2D eigenvalue weighted by molar-refractivity contribution is 0.766. The first-order valence-electron chi connectivity index (χ1n) is 19.6. The summed E-state index contributed by atoms with van der Waals surface area (Å²) in [5.74, 6) is 0. The highest BCUT2D eigenvalue weighted by atomic mass is 14.8. The number of nitrogens with zero attached hydrogens (tertiary/aromatic N) is 4. The minimum absolute atomic E-state index is 0.539. The van der Waals surface area contributed by atoms with Gasteiger partial charge in [0.1, 0.15) is 0 Å². The number of aromatic nitrogens is 4. The van der Waals surface area contributed by atoms with Crippen LogP contribution in [0.2, 0.25) is 0 Å². The van der Waals surface area contributed by atoms with Crippen LogP contribution in [0.5, 0.6) is 0 Å². The SMILES string of the molecule is Cc1ccc2ccc3ccc(-c4ccc(C5(c6ccc(-c7ccc8ccc9ccc(C)nc9c8n7)c(C)c6)c6ccccc6-c6ccccc65)cc4C)nc3c2n1. The van der Waals surface area contributed by atoms with Crippen molar-refractivity contribution in [3.8, 4) is 33.6 Å². The van der Waals surface area contributed by atoms with Gasteiger partial charge in [0.2, 0.25) is 0 Å².